The highest BCUT2D eigenvalue weighted by Crippen LogP contribution is 2.46. The molecule has 0 saturated heterocycles. The number of halogens is 1. The van der Waals surface area contributed by atoms with E-state index >= 15 is 0 Å². The molecular weight excluding hydrogens is 257 g/mol. The third-order valence-electron chi connectivity index (χ3n) is 3.79. The Morgan fingerprint density at radius 3 is 2.50 bits per heavy atom. The first kappa shape index (κ1) is 12.8. The molecule has 1 aliphatic heterocycles. The summed E-state index contributed by atoms with van der Waals surface area (Å²) in [6, 6.07) is 13.5. The summed E-state index contributed by atoms with van der Waals surface area (Å²) < 4.78 is 19.2. The van der Waals surface area contributed by atoms with E-state index in [0.717, 1.165) is 0 Å². The molecule has 1 atom stereocenters. The van der Waals surface area contributed by atoms with Crippen molar-refractivity contribution in [2.45, 2.75) is 5.60 Å². The van der Waals surface area contributed by atoms with Crippen molar-refractivity contribution in [1.82, 2.24) is 0 Å². The molecule has 1 amide bonds. The van der Waals surface area contributed by atoms with Crippen LogP contribution in [0.1, 0.15) is 11.1 Å². The van der Waals surface area contributed by atoms with Gasteiger partial charge in [-0.15, -0.1) is 0 Å². The normalized spacial score (nSPS) is 21.1. The van der Waals surface area contributed by atoms with Crippen LogP contribution in [0.5, 0.6) is 0 Å². The highest BCUT2D eigenvalue weighted by molar-refractivity contribution is 6.08. The summed E-state index contributed by atoms with van der Waals surface area (Å²) >= 11 is 0. The molecule has 0 aromatic heterocycles. The molecule has 0 spiro atoms. The van der Waals surface area contributed by atoms with Crippen LogP contribution in [0, 0.1) is 5.82 Å². The first-order chi connectivity index (χ1) is 9.61. The highest BCUT2D eigenvalue weighted by Gasteiger charge is 2.51. The summed E-state index contributed by atoms with van der Waals surface area (Å²) in [6.07, 6.45) is 0. The van der Waals surface area contributed by atoms with Crippen molar-refractivity contribution in [3.63, 3.8) is 0 Å². The van der Waals surface area contributed by atoms with Gasteiger partial charge in [-0.2, -0.15) is 0 Å². The van der Waals surface area contributed by atoms with Gasteiger partial charge in [0.15, 0.2) is 5.60 Å². The number of fused-ring (bicyclic) bond motifs is 1. The van der Waals surface area contributed by atoms with Gasteiger partial charge in [0.25, 0.3) is 5.91 Å². The van der Waals surface area contributed by atoms with Crippen molar-refractivity contribution >= 4 is 11.6 Å². The van der Waals surface area contributed by atoms with Crippen molar-refractivity contribution in [3.8, 4) is 0 Å². The molecule has 0 aliphatic carbocycles. The number of carbonyl (C=O) groups excluding carboxylic acids is 1. The summed E-state index contributed by atoms with van der Waals surface area (Å²) in [5, 5.41) is 0. The fourth-order valence-corrected chi connectivity index (χ4v) is 2.81. The summed E-state index contributed by atoms with van der Waals surface area (Å²) in [4.78, 5) is 14.2. The van der Waals surface area contributed by atoms with Crippen molar-refractivity contribution in [3.05, 3.63) is 65.5 Å². The minimum absolute atomic E-state index is 0.216. The Labute approximate surface area is 116 Å². The van der Waals surface area contributed by atoms with E-state index in [1.54, 1.807) is 13.1 Å². The molecule has 0 radical (unpaired) electrons. The van der Waals surface area contributed by atoms with Gasteiger partial charge in [0, 0.05) is 19.7 Å². The van der Waals surface area contributed by atoms with Gasteiger partial charge in [-0.3, -0.25) is 4.79 Å². The van der Waals surface area contributed by atoms with Crippen molar-refractivity contribution in [2.24, 2.45) is 0 Å². The molecule has 1 heterocycles. The van der Waals surface area contributed by atoms with E-state index in [2.05, 4.69) is 0 Å². The van der Waals surface area contributed by atoms with E-state index in [9.17, 15) is 9.18 Å². The van der Waals surface area contributed by atoms with E-state index in [-0.39, 0.29) is 11.7 Å². The van der Waals surface area contributed by atoms with Crippen molar-refractivity contribution in [2.75, 3.05) is 19.1 Å². The number of likely N-dealkylation sites (N-methyl/N-ethyl adjacent to an activating group) is 1. The molecule has 2 aromatic rings. The Morgan fingerprint density at radius 1 is 1.15 bits per heavy atom. The zero-order valence-electron chi connectivity index (χ0n) is 11.3. The molecule has 0 N–H and O–H groups in total. The molecule has 2 aromatic carbocycles. The van der Waals surface area contributed by atoms with Gasteiger partial charge in [-0.25, -0.2) is 4.39 Å². The number of hydrogen-bond donors (Lipinski definition) is 0. The lowest BCUT2D eigenvalue weighted by atomic mass is 9.87. The van der Waals surface area contributed by atoms with Crippen LogP contribution in [-0.4, -0.2) is 20.1 Å². The second-order valence-corrected chi connectivity index (χ2v) is 4.78. The Morgan fingerprint density at radius 2 is 1.85 bits per heavy atom. The van der Waals surface area contributed by atoms with Crippen molar-refractivity contribution < 1.29 is 13.9 Å². The second kappa shape index (κ2) is 4.42. The minimum Gasteiger partial charge on any atom is -0.359 e. The van der Waals surface area contributed by atoms with Crippen LogP contribution in [0.25, 0.3) is 0 Å². The SMILES string of the molecule is COC1(c2ccccc2)C(=O)N(C)c2ccc(F)cc21. The van der Waals surface area contributed by atoms with Gasteiger partial charge in [-0.05, 0) is 23.8 Å². The summed E-state index contributed by atoms with van der Waals surface area (Å²) in [5.74, 6) is -0.601. The lowest BCUT2D eigenvalue weighted by Crippen LogP contribution is -2.41. The van der Waals surface area contributed by atoms with E-state index in [0.29, 0.717) is 16.8 Å². The maximum absolute atomic E-state index is 13.6. The van der Waals surface area contributed by atoms with Crippen LogP contribution in [0.2, 0.25) is 0 Å². The number of nitrogens with zero attached hydrogens (tertiary/aromatic N) is 1. The molecule has 1 aliphatic rings. The van der Waals surface area contributed by atoms with E-state index in [4.69, 9.17) is 4.74 Å². The predicted octanol–water partition coefficient (Wildman–Crippen LogP) is 2.69. The zero-order chi connectivity index (χ0) is 14.3. The molecule has 1 unspecified atom stereocenters. The fraction of sp³-hybridized carbons (Fsp3) is 0.188. The van der Waals surface area contributed by atoms with Crippen LogP contribution >= 0.6 is 0 Å². The molecular formula is C16H14FNO2. The lowest BCUT2D eigenvalue weighted by molar-refractivity contribution is -0.134. The van der Waals surface area contributed by atoms with E-state index in [1.165, 1.54) is 24.1 Å². The molecule has 102 valence electrons. The number of hydrogen-bond acceptors (Lipinski definition) is 2. The van der Waals surface area contributed by atoms with Gasteiger partial charge in [0.05, 0.1) is 5.69 Å². The molecule has 4 heteroatoms. The van der Waals surface area contributed by atoms with Gasteiger partial charge in [0.1, 0.15) is 5.82 Å². The fourth-order valence-electron chi connectivity index (χ4n) is 2.81. The maximum atomic E-state index is 13.6. The first-order valence-electron chi connectivity index (χ1n) is 6.30. The summed E-state index contributed by atoms with van der Waals surface area (Å²) in [5.41, 5.74) is 0.637. The maximum Gasteiger partial charge on any atom is 0.268 e. The lowest BCUT2D eigenvalue weighted by Gasteiger charge is -2.27. The quantitative estimate of drug-likeness (QED) is 0.840. The van der Waals surface area contributed by atoms with Gasteiger partial charge in [0.2, 0.25) is 0 Å². The third-order valence-corrected chi connectivity index (χ3v) is 3.79. The monoisotopic (exact) mass is 271 g/mol. The smallest absolute Gasteiger partial charge is 0.268 e. The number of rotatable bonds is 2. The number of carbonyl (C=O) groups is 1. The Bertz CT molecular complexity index is 671. The number of amides is 1. The average molecular weight is 271 g/mol. The summed E-state index contributed by atoms with van der Waals surface area (Å²) in [6.45, 7) is 0. The third kappa shape index (κ3) is 1.51. The topological polar surface area (TPSA) is 29.5 Å². The molecule has 20 heavy (non-hydrogen) atoms. The highest BCUT2D eigenvalue weighted by atomic mass is 19.1. The first-order valence-corrected chi connectivity index (χ1v) is 6.30. The van der Waals surface area contributed by atoms with Crippen LogP contribution in [0.3, 0.4) is 0 Å². The summed E-state index contributed by atoms with van der Waals surface area (Å²) in [7, 11) is 3.14. The zero-order valence-corrected chi connectivity index (χ0v) is 11.3. The second-order valence-electron chi connectivity index (χ2n) is 4.78. The number of benzene rings is 2. The predicted molar refractivity (Wildman–Crippen MR) is 74.0 cm³/mol. The molecule has 0 bridgehead atoms. The van der Waals surface area contributed by atoms with Crippen LogP contribution < -0.4 is 4.90 Å². The molecule has 3 nitrogen and oxygen atoms in total. The van der Waals surface area contributed by atoms with E-state index < -0.39 is 5.60 Å². The van der Waals surface area contributed by atoms with Crippen molar-refractivity contribution in [1.29, 1.82) is 0 Å². The van der Waals surface area contributed by atoms with Gasteiger partial charge in [-0.1, -0.05) is 30.3 Å². The van der Waals surface area contributed by atoms with E-state index in [1.807, 2.05) is 30.3 Å². The number of ether oxygens (including phenoxy) is 1. The van der Waals surface area contributed by atoms with Gasteiger partial charge < -0.3 is 9.64 Å². The average Bonchev–Trinajstić information content (AvgIpc) is 2.69. The molecule has 0 fully saturated rings. The molecule has 3 rings (SSSR count). The largest absolute Gasteiger partial charge is 0.359 e. The van der Waals surface area contributed by atoms with Gasteiger partial charge >= 0.3 is 0 Å². The molecule has 0 saturated carbocycles. The number of methoxy groups -OCH3 is 1. The Hall–Kier alpha value is -2.20. The van der Waals surface area contributed by atoms with Crippen LogP contribution in [0.15, 0.2) is 48.5 Å². The standard InChI is InChI=1S/C16H14FNO2/c1-18-14-9-8-12(17)10-13(14)16(20-2,15(18)19)11-6-4-3-5-7-11/h3-10H,1-2H3. The Kier molecular flexibility index (Phi) is 2.83. The minimum atomic E-state index is -1.27. The number of anilines is 1. The Balaban J connectivity index is 2.32. The van der Waals surface area contributed by atoms with Crippen LogP contribution in [0.4, 0.5) is 10.1 Å². The van der Waals surface area contributed by atoms with Crippen LogP contribution in [-0.2, 0) is 15.1 Å².